The summed E-state index contributed by atoms with van der Waals surface area (Å²) in [5.41, 5.74) is 0. The van der Waals surface area contributed by atoms with E-state index in [2.05, 4.69) is 0 Å². The molecule has 82 valence electrons. The summed E-state index contributed by atoms with van der Waals surface area (Å²) in [7, 11) is 1.70. The highest BCUT2D eigenvalue weighted by molar-refractivity contribution is 7.99. The van der Waals surface area contributed by atoms with Gasteiger partial charge in [-0.15, -0.1) is 0 Å². The summed E-state index contributed by atoms with van der Waals surface area (Å²) in [5.74, 6) is 1.65. The van der Waals surface area contributed by atoms with Crippen LogP contribution in [0.5, 0.6) is 0 Å². The lowest BCUT2D eigenvalue weighted by atomic mass is 10.5. The minimum Gasteiger partial charge on any atom is -0.463 e. The summed E-state index contributed by atoms with van der Waals surface area (Å²) in [6, 6.07) is 0. The van der Waals surface area contributed by atoms with Crippen LogP contribution in [0.25, 0.3) is 0 Å². The molecule has 14 heavy (non-hydrogen) atoms. The molecule has 0 saturated carbocycles. The quantitative estimate of drug-likeness (QED) is 0.354. The van der Waals surface area contributed by atoms with Crippen molar-refractivity contribution >= 4 is 17.7 Å². The molecule has 0 radical (unpaired) electrons. The first-order chi connectivity index (χ1) is 6.81. The van der Waals surface area contributed by atoms with Gasteiger partial charge < -0.3 is 9.47 Å². The van der Waals surface area contributed by atoms with E-state index in [-0.39, 0.29) is 5.97 Å². The first-order valence-corrected chi connectivity index (χ1v) is 5.86. The number of ether oxygens (including phenoxy) is 2. The van der Waals surface area contributed by atoms with E-state index in [1.54, 1.807) is 25.8 Å². The minimum absolute atomic E-state index is 0.259. The summed E-state index contributed by atoms with van der Waals surface area (Å²) >= 11 is 1.78. The lowest BCUT2D eigenvalue weighted by molar-refractivity contribution is -0.137. The Morgan fingerprint density at radius 2 is 2.29 bits per heavy atom. The Morgan fingerprint density at radius 3 is 2.93 bits per heavy atom. The third-order valence-corrected chi connectivity index (χ3v) is 2.40. The third kappa shape index (κ3) is 9.61. The van der Waals surface area contributed by atoms with Crippen LogP contribution in [0, 0.1) is 0 Å². The largest absolute Gasteiger partial charge is 0.463 e. The number of carbonyl (C=O) groups excluding carboxylic acids is 1. The van der Waals surface area contributed by atoms with Crippen LogP contribution in [0.1, 0.15) is 13.3 Å². The highest BCUT2D eigenvalue weighted by Crippen LogP contribution is 2.02. The molecule has 0 rings (SSSR count). The third-order valence-electron chi connectivity index (χ3n) is 1.39. The predicted molar refractivity (Wildman–Crippen MR) is 59.6 cm³/mol. The molecule has 0 unspecified atom stereocenters. The summed E-state index contributed by atoms with van der Waals surface area (Å²) in [6.07, 6.45) is 4.36. The van der Waals surface area contributed by atoms with Crippen LogP contribution in [0.3, 0.4) is 0 Å². The maximum atomic E-state index is 10.8. The van der Waals surface area contributed by atoms with Crippen molar-refractivity contribution in [1.29, 1.82) is 0 Å². The van der Waals surface area contributed by atoms with E-state index in [0.717, 1.165) is 24.5 Å². The summed E-state index contributed by atoms with van der Waals surface area (Å²) in [5, 5.41) is 0. The second-order valence-corrected chi connectivity index (χ2v) is 3.73. The maximum Gasteiger partial charge on any atom is 0.330 e. The zero-order valence-corrected chi connectivity index (χ0v) is 9.64. The molecule has 0 N–H and O–H groups in total. The fourth-order valence-electron chi connectivity index (χ4n) is 0.791. The molecule has 0 aromatic rings. The molecule has 0 aliphatic heterocycles. The van der Waals surface area contributed by atoms with Crippen molar-refractivity contribution in [2.45, 2.75) is 13.3 Å². The van der Waals surface area contributed by atoms with Gasteiger partial charge in [-0.1, -0.05) is 6.08 Å². The van der Waals surface area contributed by atoms with E-state index >= 15 is 0 Å². The highest BCUT2D eigenvalue weighted by Gasteiger charge is 1.92. The van der Waals surface area contributed by atoms with Gasteiger partial charge in [0.05, 0.1) is 6.61 Å². The molecule has 0 aromatic carbocycles. The van der Waals surface area contributed by atoms with Gasteiger partial charge in [-0.05, 0) is 19.1 Å². The van der Waals surface area contributed by atoms with E-state index < -0.39 is 0 Å². The smallest absolute Gasteiger partial charge is 0.330 e. The standard InChI is InChI=1S/C10H18O3S/c1-3-13-10(11)6-4-8-14-9-5-7-12-2/h4,6H,3,5,7-9H2,1-2H3/b6-4+. The normalized spacial score (nSPS) is 10.7. The second-order valence-electron chi connectivity index (χ2n) is 2.58. The van der Waals surface area contributed by atoms with Crippen LogP contribution < -0.4 is 0 Å². The predicted octanol–water partition coefficient (Wildman–Crippen LogP) is 1.88. The van der Waals surface area contributed by atoms with E-state index in [1.807, 2.05) is 6.08 Å². The van der Waals surface area contributed by atoms with Crippen molar-refractivity contribution < 1.29 is 14.3 Å². The summed E-state index contributed by atoms with van der Waals surface area (Å²) in [6.45, 7) is 3.03. The molecular formula is C10H18O3S. The topological polar surface area (TPSA) is 35.5 Å². The lowest BCUT2D eigenvalue weighted by Crippen LogP contribution is -1.99. The van der Waals surface area contributed by atoms with Gasteiger partial charge in [-0.2, -0.15) is 11.8 Å². The Labute approximate surface area is 89.8 Å². The fraction of sp³-hybridized carbons (Fsp3) is 0.700. The zero-order chi connectivity index (χ0) is 10.6. The van der Waals surface area contributed by atoms with E-state index in [4.69, 9.17) is 9.47 Å². The molecule has 0 amide bonds. The average molecular weight is 218 g/mol. The van der Waals surface area contributed by atoms with Crippen LogP contribution in [-0.4, -0.2) is 37.8 Å². The molecule has 0 aliphatic carbocycles. The Morgan fingerprint density at radius 1 is 1.50 bits per heavy atom. The van der Waals surface area contributed by atoms with Gasteiger partial charge in [0.1, 0.15) is 0 Å². The number of methoxy groups -OCH3 is 1. The van der Waals surface area contributed by atoms with E-state index in [1.165, 1.54) is 6.08 Å². The van der Waals surface area contributed by atoms with Gasteiger partial charge in [0.25, 0.3) is 0 Å². The summed E-state index contributed by atoms with van der Waals surface area (Å²) in [4.78, 5) is 10.8. The van der Waals surface area contributed by atoms with Crippen LogP contribution >= 0.6 is 11.8 Å². The van der Waals surface area contributed by atoms with Gasteiger partial charge >= 0.3 is 5.97 Å². The van der Waals surface area contributed by atoms with Gasteiger partial charge in [0.15, 0.2) is 0 Å². The molecule has 0 bridgehead atoms. The first kappa shape index (κ1) is 13.5. The van der Waals surface area contributed by atoms with Crippen molar-refractivity contribution in [2.75, 3.05) is 31.8 Å². The number of esters is 1. The van der Waals surface area contributed by atoms with Crippen molar-refractivity contribution in [3.8, 4) is 0 Å². The molecule has 0 saturated heterocycles. The second kappa shape index (κ2) is 10.6. The number of hydrogen-bond acceptors (Lipinski definition) is 4. The molecule has 0 spiro atoms. The lowest BCUT2D eigenvalue weighted by Gasteiger charge is -1.97. The molecule has 0 atom stereocenters. The fourth-order valence-corrected chi connectivity index (χ4v) is 1.51. The Bertz CT molecular complexity index is 169. The van der Waals surface area contributed by atoms with Crippen LogP contribution in [0.15, 0.2) is 12.2 Å². The number of hydrogen-bond donors (Lipinski definition) is 0. The van der Waals surface area contributed by atoms with Crippen LogP contribution in [0.4, 0.5) is 0 Å². The Balaban J connectivity index is 3.22. The van der Waals surface area contributed by atoms with Gasteiger partial charge in [0.2, 0.25) is 0 Å². The molecule has 0 aromatic heterocycles. The Hall–Kier alpha value is -0.480. The monoisotopic (exact) mass is 218 g/mol. The van der Waals surface area contributed by atoms with Gasteiger partial charge in [-0.25, -0.2) is 4.79 Å². The molecule has 0 fully saturated rings. The van der Waals surface area contributed by atoms with Crippen molar-refractivity contribution in [3.63, 3.8) is 0 Å². The van der Waals surface area contributed by atoms with Crippen molar-refractivity contribution in [3.05, 3.63) is 12.2 Å². The SMILES string of the molecule is CCOC(=O)/C=C/CSCCCOC. The maximum absolute atomic E-state index is 10.8. The van der Waals surface area contributed by atoms with Crippen LogP contribution in [0.2, 0.25) is 0 Å². The van der Waals surface area contributed by atoms with Crippen molar-refractivity contribution in [1.82, 2.24) is 0 Å². The molecular weight excluding hydrogens is 200 g/mol. The minimum atomic E-state index is -0.259. The zero-order valence-electron chi connectivity index (χ0n) is 8.82. The summed E-state index contributed by atoms with van der Waals surface area (Å²) < 4.78 is 9.65. The average Bonchev–Trinajstić information content (AvgIpc) is 2.17. The van der Waals surface area contributed by atoms with E-state index in [0.29, 0.717) is 6.61 Å². The Kier molecular flexibility index (Phi) is 10.2. The van der Waals surface area contributed by atoms with Crippen molar-refractivity contribution in [2.24, 2.45) is 0 Å². The number of thioether (sulfide) groups is 1. The first-order valence-electron chi connectivity index (χ1n) is 4.71. The number of rotatable bonds is 8. The molecule has 0 aliphatic rings. The molecule has 3 nitrogen and oxygen atoms in total. The van der Waals surface area contributed by atoms with Crippen LogP contribution in [-0.2, 0) is 14.3 Å². The van der Waals surface area contributed by atoms with Gasteiger partial charge in [0, 0.05) is 25.5 Å². The number of carbonyl (C=O) groups is 1. The van der Waals surface area contributed by atoms with Gasteiger partial charge in [-0.3, -0.25) is 0 Å². The molecule has 0 heterocycles. The van der Waals surface area contributed by atoms with E-state index in [9.17, 15) is 4.79 Å². The highest BCUT2D eigenvalue weighted by atomic mass is 32.2. The molecule has 4 heteroatoms.